The van der Waals surface area contributed by atoms with Crippen molar-refractivity contribution in [3.05, 3.63) is 24.2 Å². The molecule has 1 aromatic heterocycles. The van der Waals surface area contributed by atoms with E-state index in [9.17, 15) is 9.59 Å². The van der Waals surface area contributed by atoms with E-state index in [1.54, 1.807) is 11.2 Å². The first-order valence-corrected chi connectivity index (χ1v) is 5.82. The predicted molar refractivity (Wildman–Crippen MR) is 61.2 cm³/mol. The highest BCUT2D eigenvalue weighted by molar-refractivity contribution is 5.94. The summed E-state index contributed by atoms with van der Waals surface area (Å²) < 4.78 is 5.22. The first-order valence-electron chi connectivity index (χ1n) is 5.82. The average Bonchev–Trinajstić information content (AvgIpc) is 2.83. The van der Waals surface area contributed by atoms with Crippen molar-refractivity contribution < 1.29 is 14.0 Å². The Morgan fingerprint density at radius 1 is 1.53 bits per heavy atom. The molecule has 2 rings (SSSR count). The molecule has 0 bridgehead atoms. The lowest BCUT2D eigenvalue weighted by atomic mass is 10.1. The van der Waals surface area contributed by atoms with E-state index in [2.05, 4.69) is 5.32 Å². The normalized spacial score (nSPS) is 20.5. The van der Waals surface area contributed by atoms with Gasteiger partial charge in [-0.1, -0.05) is 6.92 Å². The molecule has 0 aromatic carbocycles. The molecule has 0 aliphatic carbocycles. The van der Waals surface area contributed by atoms with Gasteiger partial charge in [0.15, 0.2) is 0 Å². The molecule has 5 heteroatoms. The number of nitrogens with zero attached hydrogens (tertiary/aromatic N) is 1. The largest absolute Gasteiger partial charge is 0.469 e. The quantitative estimate of drug-likeness (QED) is 0.830. The van der Waals surface area contributed by atoms with Crippen LogP contribution in [0.25, 0.3) is 0 Å². The molecule has 0 saturated carbocycles. The monoisotopic (exact) mass is 236 g/mol. The summed E-state index contributed by atoms with van der Waals surface area (Å²) in [5, 5.41) is 2.60. The fraction of sp³-hybridized carbons (Fsp3) is 0.500. The van der Waals surface area contributed by atoms with Crippen molar-refractivity contribution >= 4 is 11.8 Å². The first kappa shape index (κ1) is 11.7. The minimum atomic E-state index is -0.341. The summed E-state index contributed by atoms with van der Waals surface area (Å²) >= 11 is 0. The molecule has 0 spiro atoms. The van der Waals surface area contributed by atoms with Crippen LogP contribution in [-0.4, -0.2) is 35.8 Å². The Kier molecular flexibility index (Phi) is 3.46. The molecule has 1 saturated heterocycles. The van der Waals surface area contributed by atoms with Crippen LogP contribution in [0.3, 0.4) is 0 Å². The van der Waals surface area contributed by atoms with Crippen molar-refractivity contribution in [3.8, 4) is 0 Å². The zero-order chi connectivity index (χ0) is 12.3. The average molecular weight is 236 g/mol. The summed E-state index contributed by atoms with van der Waals surface area (Å²) in [5.41, 5.74) is 0. The van der Waals surface area contributed by atoms with Gasteiger partial charge in [0.25, 0.3) is 0 Å². The Hall–Kier alpha value is -1.78. The van der Waals surface area contributed by atoms with Gasteiger partial charge in [0, 0.05) is 13.0 Å². The second kappa shape index (κ2) is 5.03. The van der Waals surface area contributed by atoms with E-state index in [-0.39, 0.29) is 24.4 Å². The van der Waals surface area contributed by atoms with Gasteiger partial charge in [0.05, 0.1) is 12.8 Å². The zero-order valence-electron chi connectivity index (χ0n) is 9.81. The number of piperazine rings is 1. The van der Waals surface area contributed by atoms with Gasteiger partial charge < -0.3 is 14.6 Å². The number of amides is 2. The van der Waals surface area contributed by atoms with Gasteiger partial charge in [-0.25, -0.2) is 0 Å². The maximum Gasteiger partial charge on any atom is 0.243 e. The van der Waals surface area contributed by atoms with Crippen LogP contribution in [0.4, 0.5) is 0 Å². The molecule has 92 valence electrons. The molecule has 5 nitrogen and oxygen atoms in total. The van der Waals surface area contributed by atoms with Gasteiger partial charge in [0.2, 0.25) is 11.8 Å². The van der Waals surface area contributed by atoms with Gasteiger partial charge in [-0.3, -0.25) is 9.59 Å². The summed E-state index contributed by atoms with van der Waals surface area (Å²) in [6.45, 7) is 2.54. The van der Waals surface area contributed by atoms with E-state index in [1.807, 2.05) is 19.1 Å². The third kappa shape index (κ3) is 2.49. The maximum absolute atomic E-state index is 11.7. The van der Waals surface area contributed by atoms with Crippen molar-refractivity contribution in [2.24, 2.45) is 0 Å². The summed E-state index contributed by atoms with van der Waals surface area (Å²) in [4.78, 5) is 25.0. The zero-order valence-corrected chi connectivity index (χ0v) is 9.81. The first-order chi connectivity index (χ1) is 8.22. The van der Waals surface area contributed by atoms with Crippen molar-refractivity contribution in [2.75, 3.05) is 13.1 Å². The molecule has 17 heavy (non-hydrogen) atoms. The van der Waals surface area contributed by atoms with Crippen molar-refractivity contribution in [3.63, 3.8) is 0 Å². The molecule has 1 aliphatic rings. The Morgan fingerprint density at radius 3 is 3.00 bits per heavy atom. The van der Waals surface area contributed by atoms with Crippen LogP contribution in [0, 0.1) is 0 Å². The van der Waals surface area contributed by atoms with E-state index in [0.717, 1.165) is 5.76 Å². The molecule has 1 atom stereocenters. The Bertz CT molecular complexity index is 400. The van der Waals surface area contributed by atoms with Gasteiger partial charge in [0.1, 0.15) is 11.8 Å². The predicted octanol–water partition coefficient (Wildman–Crippen LogP) is 0.559. The van der Waals surface area contributed by atoms with Crippen LogP contribution >= 0.6 is 0 Å². The third-order valence-corrected chi connectivity index (χ3v) is 2.98. The van der Waals surface area contributed by atoms with Crippen molar-refractivity contribution in [1.82, 2.24) is 10.2 Å². The summed E-state index contributed by atoms with van der Waals surface area (Å²) in [7, 11) is 0. The van der Waals surface area contributed by atoms with Crippen LogP contribution in [0.15, 0.2) is 22.8 Å². The minimum Gasteiger partial charge on any atom is -0.469 e. The molecule has 2 heterocycles. The van der Waals surface area contributed by atoms with Crippen LogP contribution in [0.1, 0.15) is 19.1 Å². The summed E-state index contributed by atoms with van der Waals surface area (Å²) in [5.74, 6) is 0.744. The lowest BCUT2D eigenvalue weighted by Crippen LogP contribution is -2.58. The Morgan fingerprint density at radius 2 is 2.35 bits per heavy atom. The number of nitrogens with one attached hydrogen (secondary N) is 1. The third-order valence-electron chi connectivity index (χ3n) is 2.98. The number of carbonyl (C=O) groups excluding carboxylic acids is 2. The fourth-order valence-electron chi connectivity index (χ4n) is 2.07. The topological polar surface area (TPSA) is 62.6 Å². The number of furan rings is 1. The van der Waals surface area contributed by atoms with Gasteiger partial charge in [-0.2, -0.15) is 0 Å². The second-order valence-electron chi connectivity index (χ2n) is 4.06. The Labute approximate surface area is 99.8 Å². The van der Waals surface area contributed by atoms with Crippen LogP contribution in [0.2, 0.25) is 0 Å². The molecule has 1 aromatic rings. The molecule has 1 aliphatic heterocycles. The van der Waals surface area contributed by atoms with E-state index >= 15 is 0 Å². The maximum atomic E-state index is 11.7. The minimum absolute atomic E-state index is 0.0250. The smallest absolute Gasteiger partial charge is 0.243 e. The van der Waals surface area contributed by atoms with E-state index in [1.165, 1.54) is 0 Å². The van der Waals surface area contributed by atoms with Gasteiger partial charge >= 0.3 is 0 Å². The molecular formula is C12H16N2O3. The van der Waals surface area contributed by atoms with Crippen LogP contribution in [0.5, 0.6) is 0 Å². The number of carbonyl (C=O) groups is 2. The van der Waals surface area contributed by atoms with E-state index in [4.69, 9.17) is 4.42 Å². The van der Waals surface area contributed by atoms with E-state index < -0.39 is 0 Å². The lowest BCUT2D eigenvalue weighted by molar-refractivity contribution is -0.145. The molecule has 1 N–H and O–H groups in total. The van der Waals surface area contributed by atoms with E-state index in [0.29, 0.717) is 19.4 Å². The molecule has 1 fully saturated rings. The Balaban J connectivity index is 2.00. The molecule has 0 radical (unpaired) electrons. The highest BCUT2D eigenvalue weighted by Gasteiger charge is 2.32. The van der Waals surface area contributed by atoms with Crippen molar-refractivity contribution in [1.29, 1.82) is 0 Å². The SMILES string of the molecule is CCC1C(=O)NCC(=O)N1CCc1ccco1. The van der Waals surface area contributed by atoms with Crippen molar-refractivity contribution in [2.45, 2.75) is 25.8 Å². The number of rotatable bonds is 4. The molecular weight excluding hydrogens is 220 g/mol. The second-order valence-corrected chi connectivity index (χ2v) is 4.06. The number of hydrogen-bond donors (Lipinski definition) is 1. The van der Waals surface area contributed by atoms with Crippen LogP contribution in [-0.2, 0) is 16.0 Å². The molecule has 1 unspecified atom stereocenters. The highest BCUT2D eigenvalue weighted by Crippen LogP contribution is 2.11. The van der Waals surface area contributed by atoms with Gasteiger partial charge in [-0.05, 0) is 18.6 Å². The summed E-state index contributed by atoms with van der Waals surface area (Å²) in [6.07, 6.45) is 2.88. The highest BCUT2D eigenvalue weighted by atomic mass is 16.3. The number of hydrogen-bond acceptors (Lipinski definition) is 3. The fourth-order valence-corrected chi connectivity index (χ4v) is 2.07. The summed E-state index contributed by atoms with van der Waals surface area (Å²) in [6, 6.07) is 3.35. The van der Waals surface area contributed by atoms with Crippen LogP contribution < -0.4 is 5.32 Å². The standard InChI is InChI=1S/C12H16N2O3/c1-2-10-12(16)13-8-11(15)14(10)6-5-9-4-3-7-17-9/h3-4,7,10H,2,5-6,8H2,1H3,(H,13,16). The molecule has 2 amide bonds. The lowest BCUT2D eigenvalue weighted by Gasteiger charge is -2.34. The van der Waals surface area contributed by atoms with Gasteiger partial charge in [-0.15, -0.1) is 0 Å².